The highest BCUT2D eigenvalue weighted by molar-refractivity contribution is 7.42. The third-order valence-electron chi connectivity index (χ3n) is 12.1. The van der Waals surface area contributed by atoms with Crippen molar-refractivity contribution in [1.82, 2.24) is 0 Å². The van der Waals surface area contributed by atoms with Crippen molar-refractivity contribution in [2.24, 2.45) is 0 Å². The molecule has 0 aliphatic heterocycles. The van der Waals surface area contributed by atoms with Crippen molar-refractivity contribution in [2.45, 2.75) is 284 Å². The van der Waals surface area contributed by atoms with Crippen LogP contribution in [0.25, 0.3) is 0 Å². The molecular formula is C54H103O5P. The van der Waals surface area contributed by atoms with Crippen LogP contribution in [0.15, 0.2) is 30.3 Å². The molecule has 0 radical (unpaired) electrons. The van der Waals surface area contributed by atoms with Crippen LogP contribution < -0.4 is 4.52 Å². The van der Waals surface area contributed by atoms with Crippen molar-refractivity contribution >= 4 is 8.60 Å². The molecule has 1 aromatic rings. The van der Waals surface area contributed by atoms with Crippen LogP contribution in [-0.2, 0) is 18.5 Å². The molecule has 1 rings (SSSR count). The first kappa shape index (κ1) is 57.3. The summed E-state index contributed by atoms with van der Waals surface area (Å²) in [5, 5.41) is 0. The van der Waals surface area contributed by atoms with E-state index in [0.717, 1.165) is 57.5 Å². The van der Waals surface area contributed by atoms with Gasteiger partial charge in [-0.05, 0) is 63.5 Å². The highest BCUT2D eigenvalue weighted by Gasteiger charge is 2.17. The molecule has 0 N–H and O–H groups in total. The van der Waals surface area contributed by atoms with Gasteiger partial charge in [0.1, 0.15) is 5.75 Å². The van der Waals surface area contributed by atoms with Gasteiger partial charge in [-0.2, -0.15) is 0 Å². The quantitative estimate of drug-likeness (QED) is 0.0482. The van der Waals surface area contributed by atoms with Gasteiger partial charge in [0.15, 0.2) is 0 Å². The van der Waals surface area contributed by atoms with E-state index < -0.39 is 8.60 Å². The van der Waals surface area contributed by atoms with E-state index in [1.165, 1.54) is 205 Å². The molecule has 0 amide bonds. The average Bonchev–Trinajstić information content (AvgIpc) is 3.26. The Morgan fingerprint density at radius 1 is 0.333 bits per heavy atom. The SMILES string of the molecule is CCCCCCCCCCCCOC(CCCCCCCC)CCCOP(OCCCC(CCCCCCCC)OCCCCCCCCCCCC)Oc1ccccc1. The molecule has 2 atom stereocenters. The molecule has 6 heteroatoms. The second-order valence-corrected chi connectivity index (χ2v) is 19.2. The highest BCUT2D eigenvalue weighted by Crippen LogP contribution is 2.41. The molecule has 0 aliphatic rings. The van der Waals surface area contributed by atoms with Crippen LogP contribution in [0.5, 0.6) is 5.75 Å². The molecule has 0 saturated heterocycles. The zero-order valence-corrected chi connectivity index (χ0v) is 41.6. The number of rotatable bonds is 50. The van der Waals surface area contributed by atoms with Crippen LogP contribution in [0.4, 0.5) is 0 Å². The molecule has 0 aromatic heterocycles. The van der Waals surface area contributed by atoms with Crippen LogP contribution in [0.2, 0.25) is 0 Å². The lowest BCUT2D eigenvalue weighted by atomic mass is 10.0. The number of hydrogen-bond acceptors (Lipinski definition) is 5. The summed E-state index contributed by atoms with van der Waals surface area (Å²) in [6, 6.07) is 10.0. The minimum Gasteiger partial charge on any atom is -0.427 e. The van der Waals surface area contributed by atoms with Gasteiger partial charge >= 0.3 is 8.60 Å². The molecule has 2 unspecified atom stereocenters. The van der Waals surface area contributed by atoms with Gasteiger partial charge in [-0.25, -0.2) is 0 Å². The lowest BCUT2D eigenvalue weighted by Gasteiger charge is -2.21. The molecule has 354 valence electrons. The summed E-state index contributed by atoms with van der Waals surface area (Å²) >= 11 is 0. The Kier molecular flexibility index (Phi) is 45.6. The first-order valence-corrected chi connectivity index (χ1v) is 27.8. The molecular weight excluding hydrogens is 760 g/mol. The molecule has 0 heterocycles. The van der Waals surface area contributed by atoms with Crippen LogP contribution >= 0.6 is 8.60 Å². The molecule has 0 spiro atoms. The minimum atomic E-state index is -1.47. The topological polar surface area (TPSA) is 46.2 Å². The van der Waals surface area contributed by atoms with E-state index in [1.807, 2.05) is 30.3 Å². The molecule has 60 heavy (non-hydrogen) atoms. The summed E-state index contributed by atoms with van der Waals surface area (Å²) in [5.74, 6) is 0.810. The number of hydrogen-bond donors (Lipinski definition) is 0. The Morgan fingerprint density at radius 3 is 0.983 bits per heavy atom. The summed E-state index contributed by atoms with van der Waals surface area (Å²) in [4.78, 5) is 0. The van der Waals surface area contributed by atoms with Gasteiger partial charge < -0.3 is 23.0 Å². The Hall–Kier alpha value is -0.710. The normalized spacial score (nSPS) is 13.2. The second-order valence-electron chi connectivity index (χ2n) is 18.0. The van der Waals surface area contributed by atoms with E-state index in [0.29, 0.717) is 25.4 Å². The maximum atomic E-state index is 6.55. The number of para-hydroxylation sites is 1. The molecule has 0 aliphatic carbocycles. The van der Waals surface area contributed by atoms with E-state index in [1.54, 1.807) is 0 Å². The molecule has 1 aromatic carbocycles. The van der Waals surface area contributed by atoms with Crippen LogP contribution in [0.1, 0.15) is 272 Å². The third kappa shape index (κ3) is 40.1. The molecule has 0 fully saturated rings. The van der Waals surface area contributed by atoms with Gasteiger partial charge in [-0.3, -0.25) is 0 Å². The van der Waals surface area contributed by atoms with Gasteiger partial charge in [0.2, 0.25) is 0 Å². The van der Waals surface area contributed by atoms with Crippen molar-refractivity contribution < 1.29 is 23.0 Å². The lowest BCUT2D eigenvalue weighted by Crippen LogP contribution is -2.15. The van der Waals surface area contributed by atoms with Gasteiger partial charge in [0.05, 0.1) is 25.4 Å². The van der Waals surface area contributed by atoms with Gasteiger partial charge in [0.25, 0.3) is 0 Å². The Morgan fingerprint density at radius 2 is 0.633 bits per heavy atom. The van der Waals surface area contributed by atoms with E-state index in [9.17, 15) is 0 Å². The number of benzene rings is 1. The Bertz CT molecular complexity index is 880. The largest absolute Gasteiger partial charge is 0.427 e. The maximum Gasteiger partial charge on any atom is 0.397 e. The van der Waals surface area contributed by atoms with Gasteiger partial charge in [0, 0.05) is 13.2 Å². The Labute approximate surface area is 376 Å². The minimum absolute atomic E-state index is 0.324. The predicted octanol–water partition coefficient (Wildman–Crippen LogP) is 19.0. The van der Waals surface area contributed by atoms with Crippen molar-refractivity contribution in [3.63, 3.8) is 0 Å². The summed E-state index contributed by atoms with van der Waals surface area (Å²) < 4.78 is 32.1. The fourth-order valence-corrected chi connectivity index (χ4v) is 9.19. The van der Waals surface area contributed by atoms with Crippen molar-refractivity contribution in [3.05, 3.63) is 30.3 Å². The van der Waals surface area contributed by atoms with Gasteiger partial charge in [-0.15, -0.1) is 0 Å². The summed E-state index contributed by atoms with van der Waals surface area (Å²) in [6.07, 6.45) is 50.1. The van der Waals surface area contributed by atoms with E-state index >= 15 is 0 Å². The van der Waals surface area contributed by atoms with Crippen molar-refractivity contribution in [3.8, 4) is 5.75 Å². The van der Waals surface area contributed by atoms with Crippen molar-refractivity contribution in [2.75, 3.05) is 26.4 Å². The number of ether oxygens (including phenoxy) is 2. The molecule has 5 nitrogen and oxygen atoms in total. The molecule has 0 bridgehead atoms. The van der Waals surface area contributed by atoms with Crippen LogP contribution in [0, 0.1) is 0 Å². The fraction of sp³-hybridized carbons (Fsp3) is 0.889. The average molecular weight is 863 g/mol. The first-order valence-electron chi connectivity index (χ1n) is 26.8. The van der Waals surface area contributed by atoms with E-state index in [2.05, 4.69) is 27.7 Å². The molecule has 0 saturated carbocycles. The third-order valence-corrected chi connectivity index (χ3v) is 13.3. The summed E-state index contributed by atoms with van der Waals surface area (Å²) in [5.41, 5.74) is 0. The Balaban J connectivity index is 2.54. The maximum absolute atomic E-state index is 6.55. The van der Waals surface area contributed by atoms with E-state index in [4.69, 9.17) is 23.0 Å². The predicted molar refractivity (Wildman–Crippen MR) is 264 cm³/mol. The summed E-state index contributed by atoms with van der Waals surface area (Å²) in [6.45, 7) is 12.3. The van der Waals surface area contributed by atoms with Gasteiger partial charge in [-0.1, -0.05) is 239 Å². The highest BCUT2D eigenvalue weighted by atomic mass is 31.2. The second kappa shape index (κ2) is 47.8. The smallest absolute Gasteiger partial charge is 0.397 e. The number of unbranched alkanes of at least 4 members (excludes halogenated alkanes) is 28. The summed E-state index contributed by atoms with van der Waals surface area (Å²) in [7, 11) is -1.47. The first-order chi connectivity index (χ1) is 29.7. The zero-order valence-electron chi connectivity index (χ0n) is 40.7. The van der Waals surface area contributed by atoms with Crippen molar-refractivity contribution in [1.29, 1.82) is 0 Å². The standard InChI is InChI=1S/C54H103O5P/c1-5-9-13-17-21-23-25-27-31-38-48-55-52(42-34-29-19-15-11-7-3)46-40-50-57-60(59-54-44-36-33-37-45-54)58-51-41-47-53(43-35-30-20-16-12-8-4)56-49-39-32-28-26-24-22-18-14-10-6-2/h33,36-37,44-45,52-53H,5-32,34-35,38-43,46-51H2,1-4H3. The monoisotopic (exact) mass is 863 g/mol. The van der Waals surface area contributed by atoms with E-state index in [-0.39, 0.29) is 0 Å². The lowest BCUT2D eigenvalue weighted by molar-refractivity contribution is 0.0317. The fourth-order valence-electron chi connectivity index (χ4n) is 8.16. The van der Waals surface area contributed by atoms with Crippen LogP contribution in [0.3, 0.4) is 0 Å². The van der Waals surface area contributed by atoms with Crippen LogP contribution in [-0.4, -0.2) is 38.6 Å². The zero-order chi connectivity index (χ0) is 43.1.